The Morgan fingerprint density at radius 2 is 1.83 bits per heavy atom. The van der Waals surface area contributed by atoms with Crippen molar-refractivity contribution >= 4 is 11.7 Å². The number of hydrogen-bond donors (Lipinski definition) is 0. The summed E-state index contributed by atoms with van der Waals surface area (Å²) in [4.78, 5) is 24.1. The lowest BCUT2D eigenvalue weighted by molar-refractivity contribution is -0.146. The Morgan fingerprint density at radius 1 is 1.11 bits per heavy atom. The summed E-state index contributed by atoms with van der Waals surface area (Å²) in [7, 11) is 0. The van der Waals surface area contributed by atoms with Crippen molar-refractivity contribution in [1.82, 2.24) is 0 Å². The minimum Gasteiger partial charge on any atom is -0.487 e. The fraction of sp³-hybridized carbons (Fsp3) is 0.367. The van der Waals surface area contributed by atoms with E-state index in [-0.39, 0.29) is 12.4 Å². The number of halogens is 1. The van der Waals surface area contributed by atoms with Gasteiger partial charge in [-0.05, 0) is 92.1 Å². The Kier molecular flexibility index (Phi) is 7.25. The van der Waals surface area contributed by atoms with Gasteiger partial charge in [-0.3, -0.25) is 4.79 Å². The Labute approximate surface area is 211 Å². The first kappa shape index (κ1) is 25.5. The lowest BCUT2D eigenvalue weighted by atomic mass is 9.85. The van der Waals surface area contributed by atoms with Crippen LogP contribution >= 0.6 is 0 Å². The lowest BCUT2D eigenvalue weighted by Crippen LogP contribution is -2.38. The van der Waals surface area contributed by atoms with E-state index >= 15 is 0 Å². The molecule has 2 unspecified atom stereocenters. The van der Waals surface area contributed by atoms with Gasteiger partial charge in [-0.25, -0.2) is 4.39 Å². The van der Waals surface area contributed by atoms with Gasteiger partial charge in [0.05, 0.1) is 12.5 Å². The molecule has 3 aromatic carbocycles. The van der Waals surface area contributed by atoms with Crippen molar-refractivity contribution in [3.63, 3.8) is 0 Å². The van der Waals surface area contributed by atoms with E-state index in [0.29, 0.717) is 23.2 Å². The summed E-state index contributed by atoms with van der Waals surface area (Å²) in [6.07, 6.45) is 2.02. The third-order valence-electron chi connectivity index (χ3n) is 7.49. The third-order valence-corrected chi connectivity index (χ3v) is 7.49. The van der Waals surface area contributed by atoms with E-state index in [1.165, 1.54) is 6.07 Å². The second-order valence-electron chi connectivity index (χ2n) is 9.92. The number of fused-ring (bicyclic) bond motifs is 1. The molecule has 5 nitrogen and oxygen atoms in total. The Balaban J connectivity index is 1.39. The van der Waals surface area contributed by atoms with E-state index in [1.807, 2.05) is 58.0 Å². The van der Waals surface area contributed by atoms with E-state index in [2.05, 4.69) is 5.18 Å². The van der Waals surface area contributed by atoms with Crippen molar-refractivity contribution < 1.29 is 18.7 Å². The van der Waals surface area contributed by atoms with Crippen LogP contribution in [0.1, 0.15) is 60.4 Å². The highest BCUT2D eigenvalue weighted by Gasteiger charge is 2.35. The molecule has 0 saturated heterocycles. The second kappa shape index (κ2) is 10.2. The zero-order valence-corrected chi connectivity index (χ0v) is 21.5. The SMILES string of the molecule is Cc1c(C)c2c(c(C)c1N=O)CCC(C)(CCOC(=O)C(C)c1ccc(-c3ccccc3)c(F)c1)O2. The number of carbonyl (C=O) groups is 1. The van der Waals surface area contributed by atoms with Gasteiger partial charge in [-0.2, -0.15) is 0 Å². The highest BCUT2D eigenvalue weighted by atomic mass is 19.1. The van der Waals surface area contributed by atoms with Crippen molar-refractivity contribution in [2.24, 2.45) is 5.18 Å². The Hall–Kier alpha value is -3.54. The molecule has 6 heteroatoms. The zero-order valence-electron chi connectivity index (χ0n) is 21.5. The molecular formula is C30H32FNO4. The maximum absolute atomic E-state index is 14.8. The van der Waals surface area contributed by atoms with Crippen LogP contribution in [0.15, 0.2) is 53.7 Å². The molecule has 0 saturated carbocycles. The van der Waals surface area contributed by atoms with Gasteiger partial charge >= 0.3 is 5.97 Å². The summed E-state index contributed by atoms with van der Waals surface area (Å²) in [6, 6.07) is 14.2. The van der Waals surface area contributed by atoms with Crippen molar-refractivity contribution in [3.05, 3.63) is 87.1 Å². The monoisotopic (exact) mass is 489 g/mol. The van der Waals surface area contributed by atoms with E-state index in [9.17, 15) is 14.1 Å². The average Bonchev–Trinajstić information content (AvgIpc) is 2.87. The number of rotatable bonds is 7. The predicted molar refractivity (Wildman–Crippen MR) is 139 cm³/mol. The number of esters is 1. The highest BCUT2D eigenvalue weighted by molar-refractivity contribution is 5.78. The highest BCUT2D eigenvalue weighted by Crippen LogP contribution is 2.44. The van der Waals surface area contributed by atoms with E-state index in [4.69, 9.17) is 9.47 Å². The second-order valence-corrected chi connectivity index (χ2v) is 9.92. The van der Waals surface area contributed by atoms with Crippen LogP contribution < -0.4 is 4.74 Å². The molecule has 4 rings (SSSR count). The molecule has 0 N–H and O–H groups in total. The van der Waals surface area contributed by atoms with Crippen LogP contribution in [0.4, 0.5) is 10.1 Å². The molecule has 0 fully saturated rings. The summed E-state index contributed by atoms with van der Waals surface area (Å²) in [5, 5.41) is 3.22. The molecule has 2 atom stereocenters. The molecule has 1 heterocycles. The molecule has 36 heavy (non-hydrogen) atoms. The Morgan fingerprint density at radius 3 is 2.50 bits per heavy atom. The van der Waals surface area contributed by atoms with Gasteiger partial charge < -0.3 is 9.47 Å². The van der Waals surface area contributed by atoms with Gasteiger partial charge in [0.1, 0.15) is 22.9 Å². The molecule has 0 amide bonds. The van der Waals surface area contributed by atoms with Crippen molar-refractivity contribution in [3.8, 4) is 16.9 Å². The van der Waals surface area contributed by atoms with Crippen LogP contribution in [0.25, 0.3) is 11.1 Å². The fourth-order valence-electron chi connectivity index (χ4n) is 4.89. The quantitative estimate of drug-likeness (QED) is 0.253. The molecule has 0 radical (unpaired) electrons. The molecule has 1 aliphatic rings. The first-order valence-corrected chi connectivity index (χ1v) is 12.3. The standard InChI is InChI=1S/C30H32FNO4/c1-18-19(2)28-24(21(4)27(18)32-34)13-14-30(5,36-28)15-16-35-29(33)20(3)23-11-12-25(26(31)17-23)22-9-7-6-8-10-22/h6-12,17,20H,13-16H2,1-5H3. The van der Waals surface area contributed by atoms with Crippen LogP contribution in [-0.4, -0.2) is 18.2 Å². The molecule has 0 bridgehead atoms. The molecule has 0 aromatic heterocycles. The average molecular weight is 490 g/mol. The van der Waals surface area contributed by atoms with Crippen molar-refractivity contribution in [1.29, 1.82) is 0 Å². The van der Waals surface area contributed by atoms with Crippen LogP contribution in [0.2, 0.25) is 0 Å². The van der Waals surface area contributed by atoms with Gasteiger partial charge in [0.25, 0.3) is 0 Å². The number of ether oxygens (including phenoxy) is 2. The summed E-state index contributed by atoms with van der Waals surface area (Å²) >= 11 is 0. The molecular weight excluding hydrogens is 457 g/mol. The number of benzene rings is 3. The van der Waals surface area contributed by atoms with E-state index < -0.39 is 17.5 Å². The fourth-order valence-corrected chi connectivity index (χ4v) is 4.89. The Bertz CT molecular complexity index is 1300. The summed E-state index contributed by atoms with van der Waals surface area (Å²) in [6.45, 7) is 9.67. The molecule has 188 valence electrons. The number of nitrogens with zero attached hydrogens (tertiary/aromatic N) is 1. The van der Waals surface area contributed by atoms with Crippen LogP contribution in [-0.2, 0) is 16.0 Å². The van der Waals surface area contributed by atoms with E-state index in [0.717, 1.165) is 46.4 Å². The largest absolute Gasteiger partial charge is 0.487 e. The maximum atomic E-state index is 14.8. The van der Waals surface area contributed by atoms with Crippen molar-refractivity contribution in [2.45, 2.75) is 65.4 Å². The van der Waals surface area contributed by atoms with Gasteiger partial charge in [0.2, 0.25) is 0 Å². The molecule has 1 aliphatic heterocycles. The van der Waals surface area contributed by atoms with Gasteiger partial charge in [-0.1, -0.05) is 42.5 Å². The number of nitroso groups, excluding NO2 is 1. The zero-order chi connectivity index (χ0) is 26.0. The topological polar surface area (TPSA) is 65.0 Å². The first-order valence-electron chi connectivity index (χ1n) is 12.3. The normalized spacial score (nSPS) is 17.6. The molecule has 3 aromatic rings. The van der Waals surface area contributed by atoms with Crippen LogP contribution in [0.5, 0.6) is 5.75 Å². The van der Waals surface area contributed by atoms with Gasteiger partial charge in [0.15, 0.2) is 0 Å². The first-order chi connectivity index (χ1) is 17.1. The lowest BCUT2D eigenvalue weighted by Gasteiger charge is -2.38. The smallest absolute Gasteiger partial charge is 0.313 e. The van der Waals surface area contributed by atoms with Crippen LogP contribution in [0.3, 0.4) is 0 Å². The predicted octanol–water partition coefficient (Wildman–Crippen LogP) is 7.64. The third kappa shape index (κ3) is 4.90. The van der Waals surface area contributed by atoms with Crippen LogP contribution in [0, 0.1) is 31.5 Å². The summed E-state index contributed by atoms with van der Waals surface area (Å²) in [5.41, 5.74) is 5.51. The molecule has 0 spiro atoms. The number of hydrogen-bond acceptors (Lipinski definition) is 5. The number of carbonyl (C=O) groups excluding carboxylic acids is 1. The minimum atomic E-state index is -0.591. The van der Waals surface area contributed by atoms with Crippen molar-refractivity contribution in [2.75, 3.05) is 6.61 Å². The maximum Gasteiger partial charge on any atom is 0.313 e. The summed E-state index contributed by atoms with van der Waals surface area (Å²) < 4.78 is 26.8. The van der Waals surface area contributed by atoms with E-state index in [1.54, 1.807) is 19.1 Å². The minimum absolute atomic E-state index is 0.199. The van der Waals surface area contributed by atoms with Gasteiger partial charge in [0, 0.05) is 12.0 Å². The molecule has 0 aliphatic carbocycles. The summed E-state index contributed by atoms with van der Waals surface area (Å²) in [5.74, 6) is -0.549. The van der Waals surface area contributed by atoms with Gasteiger partial charge in [-0.15, -0.1) is 4.91 Å².